The molecule has 1 aliphatic rings. The first kappa shape index (κ1) is 15.4. The van der Waals surface area contributed by atoms with Crippen LogP contribution < -0.4 is 5.32 Å². The number of halogens is 2. The van der Waals surface area contributed by atoms with Gasteiger partial charge >= 0.3 is 6.03 Å². The van der Waals surface area contributed by atoms with Crippen LogP contribution in [0.25, 0.3) is 0 Å². The van der Waals surface area contributed by atoms with Crippen LogP contribution in [0.1, 0.15) is 18.4 Å². The normalized spacial score (nSPS) is 18.4. The van der Waals surface area contributed by atoms with Crippen molar-refractivity contribution in [2.45, 2.75) is 25.3 Å². The quantitative estimate of drug-likeness (QED) is 0.897. The lowest BCUT2D eigenvalue weighted by atomic mass is 10.1. The van der Waals surface area contributed by atoms with E-state index in [2.05, 4.69) is 5.32 Å². The zero-order valence-corrected chi connectivity index (χ0v) is 12.6. The Morgan fingerprint density at radius 2 is 2.10 bits per heavy atom. The molecule has 1 fully saturated rings. The molecule has 4 nitrogen and oxygen atoms in total. The molecule has 1 unspecified atom stereocenters. The van der Waals surface area contributed by atoms with Crippen molar-refractivity contribution >= 4 is 29.2 Å². The molecule has 1 atom stereocenters. The summed E-state index contributed by atoms with van der Waals surface area (Å²) in [5.41, 5.74) is 0.844. The van der Waals surface area contributed by atoms with E-state index in [9.17, 15) is 9.90 Å². The third-order valence-corrected chi connectivity index (χ3v) is 4.27. The minimum atomic E-state index is -0.135. The number of amides is 2. The van der Waals surface area contributed by atoms with Crippen LogP contribution in [0.4, 0.5) is 4.79 Å². The average Bonchev–Trinajstić information content (AvgIpc) is 2.90. The molecule has 0 aromatic heterocycles. The van der Waals surface area contributed by atoms with Crippen molar-refractivity contribution in [2.75, 3.05) is 19.7 Å². The number of rotatable bonds is 4. The van der Waals surface area contributed by atoms with Crippen LogP contribution in [0.5, 0.6) is 0 Å². The summed E-state index contributed by atoms with van der Waals surface area (Å²) in [6, 6.07) is 5.17. The monoisotopic (exact) mass is 316 g/mol. The van der Waals surface area contributed by atoms with Gasteiger partial charge in [0, 0.05) is 23.1 Å². The van der Waals surface area contributed by atoms with E-state index in [1.165, 1.54) is 0 Å². The number of nitrogens with one attached hydrogen (secondary N) is 1. The maximum Gasteiger partial charge on any atom is 0.317 e. The second kappa shape index (κ2) is 7.16. The summed E-state index contributed by atoms with van der Waals surface area (Å²) in [6.45, 7) is 1.19. The number of carbonyl (C=O) groups excluding carboxylic acids is 1. The minimum Gasteiger partial charge on any atom is -0.394 e. The van der Waals surface area contributed by atoms with E-state index in [-0.39, 0.29) is 18.7 Å². The lowest BCUT2D eigenvalue weighted by Gasteiger charge is -2.23. The lowest BCUT2D eigenvalue weighted by molar-refractivity contribution is 0.157. The molecule has 1 aromatic rings. The maximum absolute atomic E-state index is 12.0. The largest absolute Gasteiger partial charge is 0.394 e. The van der Waals surface area contributed by atoms with E-state index in [1.807, 2.05) is 0 Å². The smallest absolute Gasteiger partial charge is 0.317 e. The molecule has 1 aromatic carbocycles. The Bertz CT molecular complexity index is 462. The maximum atomic E-state index is 12.0. The number of hydrogen-bond donors (Lipinski definition) is 2. The van der Waals surface area contributed by atoms with Crippen LogP contribution in [0.3, 0.4) is 0 Å². The Morgan fingerprint density at radius 3 is 2.75 bits per heavy atom. The number of nitrogens with zero attached hydrogens (tertiary/aromatic N) is 1. The highest BCUT2D eigenvalue weighted by molar-refractivity contribution is 6.35. The average molecular weight is 317 g/mol. The van der Waals surface area contributed by atoms with Gasteiger partial charge < -0.3 is 15.3 Å². The van der Waals surface area contributed by atoms with Crippen LogP contribution in [0.2, 0.25) is 10.0 Å². The molecule has 6 heteroatoms. The van der Waals surface area contributed by atoms with Gasteiger partial charge in [0.2, 0.25) is 0 Å². The van der Waals surface area contributed by atoms with Crippen LogP contribution >= 0.6 is 23.2 Å². The lowest BCUT2D eigenvalue weighted by Crippen LogP contribution is -2.44. The predicted molar refractivity (Wildman–Crippen MR) is 80.4 cm³/mol. The third kappa shape index (κ3) is 3.57. The van der Waals surface area contributed by atoms with E-state index >= 15 is 0 Å². The zero-order chi connectivity index (χ0) is 14.5. The molecule has 0 spiro atoms. The van der Waals surface area contributed by atoms with Crippen molar-refractivity contribution < 1.29 is 9.90 Å². The topological polar surface area (TPSA) is 52.6 Å². The molecule has 2 N–H and O–H groups in total. The Kier molecular flexibility index (Phi) is 5.52. The number of urea groups is 1. The van der Waals surface area contributed by atoms with Crippen molar-refractivity contribution in [1.82, 2.24) is 10.2 Å². The Balaban J connectivity index is 1.85. The van der Waals surface area contributed by atoms with Crippen molar-refractivity contribution in [2.24, 2.45) is 0 Å². The summed E-state index contributed by atoms with van der Waals surface area (Å²) in [4.78, 5) is 13.7. The fourth-order valence-corrected chi connectivity index (χ4v) is 3.05. The van der Waals surface area contributed by atoms with Gasteiger partial charge in [0.05, 0.1) is 12.6 Å². The molecule has 0 saturated carbocycles. The summed E-state index contributed by atoms with van der Waals surface area (Å²) in [5.74, 6) is 0. The first-order valence-corrected chi connectivity index (χ1v) is 7.47. The van der Waals surface area contributed by atoms with Crippen molar-refractivity contribution in [3.8, 4) is 0 Å². The predicted octanol–water partition coefficient (Wildman–Crippen LogP) is 2.70. The molecule has 0 aliphatic carbocycles. The number of benzene rings is 1. The molecule has 20 heavy (non-hydrogen) atoms. The third-order valence-electron chi connectivity index (χ3n) is 3.56. The van der Waals surface area contributed by atoms with Gasteiger partial charge in [-0.05, 0) is 37.0 Å². The van der Waals surface area contributed by atoms with Gasteiger partial charge in [-0.1, -0.05) is 29.3 Å². The summed E-state index contributed by atoms with van der Waals surface area (Å²) >= 11 is 12.2. The van der Waals surface area contributed by atoms with E-state index in [4.69, 9.17) is 23.2 Å². The van der Waals surface area contributed by atoms with E-state index in [0.29, 0.717) is 29.6 Å². The molecule has 0 radical (unpaired) electrons. The Hall–Kier alpha value is -0.970. The van der Waals surface area contributed by atoms with Gasteiger partial charge in [0.1, 0.15) is 0 Å². The Morgan fingerprint density at radius 1 is 1.40 bits per heavy atom. The molecule has 1 heterocycles. The number of likely N-dealkylation sites (tertiary alicyclic amines) is 1. The SMILES string of the molecule is O=C(NCCc1c(Cl)cccc1Cl)N1CCCC1CO. The van der Waals surface area contributed by atoms with Crippen LogP contribution in [0.15, 0.2) is 18.2 Å². The van der Waals surface area contributed by atoms with Gasteiger partial charge in [-0.25, -0.2) is 4.79 Å². The molecular weight excluding hydrogens is 299 g/mol. The summed E-state index contributed by atoms with van der Waals surface area (Å²) < 4.78 is 0. The summed E-state index contributed by atoms with van der Waals surface area (Å²) in [7, 11) is 0. The number of carbonyl (C=O) groups is 1. The summed E-state index contributed by atoms with van der Waals surface area (Å²) in [5, 5.41) is 13.3. The first-order chi connectivity index (χ1) is 9.63. The second-order valence-electron chi connectivity index (χ2n) is 4.85. The highest BCUT2D eigenvalue weighted by atomic mass is 35.5. The molecule has 2 amide bonds. The van der Waals surface area contributed by atoms with Gasteiger partial charge in [-0.2, -0.15) is 0 Å². The number of aliphatic hydroxyl groups is 1. The fourth-order valence-electron chi connectivity index (χ4n) is 2.46. The van der Waals surface area contributed by atoms with Crippen LogP contribution in [-0.4, -0.2) is 41.8 Å². The van der Waals surface area contributed by atoms with Crippen LogP contribution in [0, 0.1) is 0 Å². The van der Waals surface area contributed by atoms with Gasteiger partial charge in [0.15, 0.2) is 0 Å². The zero-order valence-electron chi connectivity index (χ0n) is 11.1. The fraction of sp³-hybridized carbons (Fsp3) is 0.500. The standard InChI is InChI=1S/C14H18Cl2N2O2/c15-12-4-1-5-13(16)11(12)6-7-17-14(20)18-8-2-3-10(18)9-19/h1,4-5,10,19H,2-3,6-9H2,(H,17,20). The van der Waals surface area contributed by atoms with Crippen molar-refractivity contribution in [3.63, 3.8) is 0 Å². The highest BCUT2D eigenvalue weighted by Crippen LogP contribution is 2.24. The van der Waals surface area contributed by atoms with Gasteiger partial charge in [-0.15, -0.1) is 0 Å². The molecule has 110 valence electrons. The molecule has 0 bridgehead atoms. The number of aliphatic hydroxyl groups excluding tert-OH is 1. The molecule has 2 rings (SSSR count). The van der Waals surface area contributed by atoms with Gasteiger partial charge in [-0.3, -0.25) is 0 Å². The van der Waals surface area contributed by atoms with E-state index < -0.39 is 0 Å². The second-order valence-corrected chi connectivity index (χ2v) is 5.67. The highest BCUT2D eigenvalue weighted by Gasteiger charge is 2.27. The summed E-state index contributed by atoms with van der Waals surface area (Å²) in [6.07, 6.45) is 2.39. The van der Waals surface area contributed by atoms with Crippen LogP contribution in [-0.2, 0) is 6.42 Å². The molecule has 1 aliphatic heterocycles. The van der Waals surface area contributed by atoms with E-state index in [0.717, 1.165) is 18.4 Å². The first-order valence-electron chi connectivity index (χ1n) is 6.71. The Labute approximate surface area is 128 Å². The van der Waals surface area contributed by atoms with E-state index in [1.54, 1.807) is 23.1 Å². The minimum absolute atomic E-state index is 0.0176. The molecule has 1 saturated heterocycles. The molecular formula is C14H18Cl2N2O2. The number of hydrogen-bond acceptors (Lipinski definition) is 2. The van der Waals surface area contributed by atoms with Crippen molar-refractivity contribution in [3.05, 3.63) is 33.8 Å². The van der Waals surface area contributed by atoms with Crippen molar-refractivity contribution in [1.29, 1.82) is 0 Å². The van der Waals surface area contributed by atoms with Gasteiger partial charge in [0.25, 0.3) is 0 Å².